The summed E-state index contributed by atoms with van der Waals surface area (Å²) in [7, 11) is 0. The van der Waals surface area contributed by atoms with Gasteiger partial charge in [0.2, 0.25) is 5.91 Å². The molecule has 1 unspecified atom stereocenters. The number of amides is 2. The number of hydrogen-bond acceptors (Lipinski definition) is 4. The van der Waals surface area contributed by atoms with Crippen LogP contribution in [0.1, 0.15) is 20.3 Å². The normalized spacial score (nSPS) is 16.4. The summed E-state index contributed by atoms with van der Waals surface area (Å²) in [6.45, 7) is 7.04. The second kappa shape index (κ2) is 9.63. The molecule has 1 saturated heterocycles. The molecule has 1 aromatic carbocycles. The number of ether oxygens (including phenoxy) is 1. The van der Waals surface area contributed by atoms with Gasteiger partial charge in [0.1, 0.15) is 5.75 Å². The lowest BCUT2D eigenvalue weighted by molar-refractivity contribution is -0.135. The highest BCUT2D eigenvalue weighted by atomic mass is 35.5. The van der Waals surface area contributed by atoms with Gasteiger partial charge in [0.25, 0.3) is 5.91 Å². The molecule has 2 amide bonds. The Morgan fingerprint density at radius 3 is 2.44 bits per heavy atom. The Bertz CT molecular complexity index is 571. The number of carbonyl (C=O) groups is 2. The monoisotopic (exact) mass is 367 g/mol. The summed E-state index contributed by atoms with van der Waals surface area (Å²) in [5, 5.41) is 3.59. The highest BCUT2D eigenvalue weighted by molar-refractivity contribution is 6.30. The lowest BCUT2D eigenvalue weighted by atomic mass is 10.2. The molecule has 0 aromatic heterocycles. The SMILES string of the molecule is CCC(C)NC(=O)CN1CCN(C(=O)COc2ccc(Cl)cc2)CC1. The second-order valence-corrected chi connectivity index (χ2v) is 6.71. The first kappa shape index (κ1) is 19.5. The summed E-state index contributed by atoms with van der Waals surface area (Å²) < 4.78 is 5.50. The average Bonchev–Trinajstić information content (AvgIpc) is 2.61. The first-order valence-electron chi connectivity index (χ1n) is 8.65. The predicted octanol–water partition coefficient (Wildman–Crippen LogP) is 1.78. The Morgan fingerprint density at radius 2 is 1.84 bits per heavy atom. The minimum Gasteiger partial charge on any atom is -0.484 e. The Morgan fingerprint density at radius 1 is 1.20 bits per heavy atom. The third-order valence-electron chi connectivity index (χ3n) is 4.29. The van der Waals surface area contributed by atoms with E-state index in [1.807, 2.05) is 13.8 Å². The van der Waals surface area contributed by atoms with Crippen molar-refractivity contribution in [3.63, 3.8) is 0 Å². The van der Waals surface area contributed by atoms with E-state index in [-0.39, 0.29) is 24.5 Å². The number of nitrogens with zero attached hydrogens (tertiary/aromatic N) is 2. The van der Waals surface area contributed by atoms with Crippen molar-refractivity contribution >= 4 is 23.4 Å². The number of carbonyl (C=O) groups excluding carboxylic acids is 2. The van der Waals surface area contributed by atoms with Crippen LogP contribution in [0.25, 0.3) is 0 Å². The van der Waals surface area contributed by atoms with Gasteiger partial charge >= 0.3 is 0 Å². The fourth-order valence-electron chi connectivity index (χ4n) is 2.55. The first-order chi connectivity index (χ1) is 12.0. The number of hydrogen-bond donors (Lipinski definition) is 1. The fourth-order valence-corrected chi connectivity index (χ4v) is 2.67. The highest BCUT2D eigenvalue weighted by Gasteiger charge is 2.22. The zero-order valence-corrected chi connectivity index (χ0v) is 15.6. The molecule has 6 nitrogen and oxygen atoms in total. The topological polar surface area (TPSA) is 61.9 Å². The molecule has 7 heteroatoms. The second-order valence-electron chi connectivity index (χ2n) is 6.28. The van der Waals surface area contributed by atoms with Gasteiger partial charge in [-0.2, -0.15) is 0 Å². The average molecular weight is 368 g/mol. The van der Waals surface area contributed by atoms with Gasteiger partial charge in [-0.3, -0.25) is 14.5 Å². The van der Waals surface area contributed by atoms with E-state index in [4.69, 9.17) is 16.3 Å². The molecule has 1 atom stereocenters. The van der Waals surface area contributed by atoms with E-state index in [0.717, 1.165) is 6.42 Å². The number of piperazine rings is 1. The lowest BCUT2D eigenvalue weighted by Crippen LogP contribution is -2.52. The Hall–Kier alpha value is -1.79. The summed E-state index contributed by atoms with van der Waals surface area (Å²) in [5.74, 6) is 0.622. The zero-order chi connectivity index (χ0) is 18.2. The van der Waals surface area contributed by atoms with Crippen LogP contribution in [-0.2, 0) is 9.59 Å². The van der Waals surface area contributed by atoms with Crippen LogP contribution in [0.5, 0.6) is 5.75 Å². The largest absolute Gasteiger partial charge is 0.484 e. The van der Waals surface area contributed by atoms with Crippen LogP contribution in [0.15, 0.2) is 24.3 Å². The van der Waals surface area contributed by atoms with E-state index >= 15 is 0 Å². The Labute approximate surface area is 154 Å². The Kier molecular flexibility index (Phi) is 7.52. The molecule has 1 fully saturated rings. The maximum atomic E-state index is 12.2. The van der Waals surface area contributed by atoms with Gasteiger partial charge in [-0.15, -0.1) is 0 Å². The number of rotatable bonds is 7. The molecule has 1 aliphatic rings. The van der Waals surface area contributed by atoms with Crippen molar-refractivity contribution in [1.82, 2.24) is 15.1 Å². The van der Waals surface area contributed by atoms with Gasteiger partial charge in [-0.05, 0) is 37.6 Å². The van der Waals surface area contributed by atoms with E-state index in [0.29, 0.717) is 43.5 Å². The molecule has 0 bridgehead atoms. The van der Waals surface area contributed by atoms with Crippen LogP contribution >= 0.6 is 11.6 Å². The number of nitrogens with one attached hydrogen (secondary N) is 1. The van der Waals surface area contributed by atoms with Crippen molar-refractivity contribution in [3.8, 4) is 5.75 Å². The van der Waals surface area contributed by atoms with Crippen molar-refractivity contribution in [3.05, 3.63) is 29.3 Å². The maximum Gasteiger partial charge on any atom is 0.260 e. The van der Waals surface area contributed by atoms with Crippen molar-refractivity contribution in [2.75, 3.05) is 39.3 Å². The van der Waals surface area contributed by atoms with Crippen molar-refractivity contribution in [1.29, 1.82) is 0 Å². The number of halogens is 1. The van der Waals surface area contributed by atoms with Crippen LogP contribution in [-0.4, -0.2) is 67.0 Å². The third-order valence-corrected chi connectivity index (χ3v) is 4.54. The maximum absolute atomic E-state index is 12.2. The van der Waals surface area contributed by atoms with Crippen LogP contribution in [0.3, 0.4) is 0 Å². The summed E-state index contributed by atoms with van der Waals surface area (Å²) >= 11 is 5.82. The molecule has 138 valence electrons. The van der Waals surface area contributed by atoms with E-state index in [1.54, 1.807) is 29.2 Å². The number of benzene rings is 1. The van der Waals surface area contributed by atoms with Crippen molar-refractivity contribution in [2.45, 2.75) is 26.3 Å². The van der Waals surface area contributed by atoms with Crippen LogP contribution in [0.2, 0.25) is 5.02 Å². The van der Waals surface area contributed by atoms with Crippen molar-refractivity contribution in [2.24, 2.45) is 0 Å². The van der Waals surface area contributed by atoms with Crippen LogP contribution in [0.4, 0.5) is 0 Å². The van der Waals surface area contributed by atoms with Crippen LogP contribution < -0.4 is 10.1 Å². The molecular formula is C18H26ClN3O3. The summed E-state index contributed by atoms with van der Waals surface area (Å²) in [6, 6.07) is 7.13. The van der Waals surface area contributed by atoms with Gasteiger partial charge in [-0.1, -0.05) is 18.5 Å². The summed E-state index contributed by atoms with van der Waals surface area (Å²) in [4.78, 5) is 28.0. The first-order valence-corrected chi connectivity index (χ1v) is 9.03. The van der Waals surface area contributed by atoms with E-state index in [1.165, 1.54) is 0 Å². The summed E-state index contributed by atoms with van der Waals surface area (Å²) in [5.41, 5.74) is 0. The van der Waals surface area contributed by atoms with E-state index in [2.05, 4.69) is 10.2 Å². The third kappa shape index (κ3) is 6.55. The molecule has 2 rings (SSSR count). The molecule has 1 heterocycles. The standard InChI is InChI=1S/C18H26ClN3O3/c1-3-14(2)20-17(23)12-21-8-10-22(11-9-21)18(24)13-25-16-6-4-15(19)5-7-16/h4-7,14H,3,8-13H2,1-2H3,(H,20,23). The molecule has 0 aliphatic carbocycles. The fraction of sp³-hybridized carbons (Fsp3) is 0.556. The van der Waals surface area contributed by atoms with Gasteiger partial charge in [0.15, 0.2) is 6.61 Å². The highest BCUT2D eigenvalue weighted by Crippen LogP contribution is 2.15. The van der Waals surface area contributed by atoms with Gasteiger partial charge in [0, 0.05) is 37.2 Å². The molecule has 1 aliphatic heterocycles. The smallest absolute Gasteiger partial charge is 0.260 e. The molecule has 1 N–H and O–H groups in total. The predicted molar refractivity (Wildman–Crippen MR) is 97.9 cm³/mol. The molecule has 1 aromatic rings. The van der Waals surface area contributed by atoms with E-state index < -0.39 is 0 Å². The molecule has 0 saturated carbocycles. The molecule has 0 spiro atoms. The quantitative estimate of drug-likeness (QED) is 0.798. The van der Waals surface area contributed by atoms with Crippen molar-refractivity contribution < 1.29 is 14.3 Å². The minimum absolute atomic E-state index is 0.0101. The molecule has 0 radical (unpaired) electrons. The van der Waals surface area contributed by atoms with E-state index in [9.17, 15) is 9.59 Å². The van der Waals surface area contributed by atoms with Gasteiger partial charge in [0.05, 0.1) is 6.54 Å². The molecule has 25 heavy (non-hydrogen) atoms. The minimum atomic E-state index is -0.0429. The summed E-state index contributed by atoms with van der Waals surface area (Å²) in [6.07, 6.45) is 0.918. The Balaban J connectivity index is 1.69. The molecular weight excluding hydrogens is 342 g/mol. The van der Waals surface area contributed by atoms with Crippen LogP contribution in [0, 0.1) is 0 Å². The zero-order valence-electron chi connectivity index (χ0n) is 14.8. The van der Waals surface area contributed by atoms with Gasteiger partial charge < -0.3 is 15.0 Å². The lowest BCUT2D eigenvalue weighted by Gasteiger charge is -2.34. The van der Waals surface area contributed by atoms with Gasteiger partial charge in [-0.25, -0.2) is 0 Å².